The minimum Gasteiger partial charge on any atom is -0.464 e. The summed E-state index contributed by atoms with van der Waals surface area (Å²) >= 11 is 6.59. The highest BCUT2D eigenvalue weighted by Gasteiger charge is 2.32. The highest BCUT2D eigenvalue weighted by molar-refractivity contribution is 6.33. The first-order chi connectivity index (χ1) is 20.3. The molecule has 42 heavy (non-hydrogen) atoms. The first kappa shape index (κ1) is 32.2. The second kappa shape index (κ2) is 15.6. The molecule has 1 aliphatic carbocycles. The number of halogens is 1. The molecule has 3 heterocycles. The number of hydrogen-bond acceptors (Lipinski definition) is 9. The van der Waals surface area contributed by atoms with Crippen LogP contribution in [0.15, 0.2) is 30.5 Å². The monoisotopic (exact) mass is 597 g/mol. The largest absolute Gasteiger partial charge is 0.464 e. The van der Waals surface area contributed by atoms with E-state index in [2.05, 4.69) is 34.7 Å². The quantitative estimate of drug-likeness (QED) is 0.285. The van der Waals surface area contributed by atoms with Gasteiger partial charge in [0, 0.05) is 49.3 Å². The first-order valence-electron chi connectivity index (χ1n) is 15.2. The minimum atomic E-state index is -0.552. The van der Waals surface area contributed by atoms with Gasteiger partial charge >= 0.3 is 5.97 Å². The van der Waals surface area contributed by atoms with Crippen LogP contribution in [0.1, 0.15) is 65.0 Å². The number of aromatic nitrogens is 2. The Morgan fingerprint density at radius 1 is 1.24 bits per heavy atom. The molecule has 2 atom stereocenters. The molecule has 2 aromatic rings. The summed E-state index contributed by atoms with van der Waals surface area (Å²) in [6, 6.07) is 11.0. The minimum absolute atomic E-state index is 0.156. The van der Waals surface area contributed by atoms with Crippen LogP contribution in [-0.4, -0.2) is 67.1 Å². The summed E-state index contributed by atoms with van der Waals surface area (Å²) in [6.07, 6.45) is 7.94. The Labute approximate surface area is 254 Å². The lowest BCUT2D eigenvalue weighted by molar-refractivity contribution is -0.155. The molecule has 0 bridgehead atoms. The summed E-state index contributed by atoms with van der Waals surface area (Å²) in [5.41, 5.74) is 2.24. The third-order valence-corrected chi connectivity index (χ3v) is 8.61. The Kier molecular flexibility index (Phi) is 12.0. The Morgan fingerprint density at radius 3 is 2.71 bits per heavy atom. The zero-order valence-corrected chi connectivity index (χ0v) is 25.8. The van der Waals surface area contributed by atoms with E-state index < -0.39 is 11.5 Å². The van der Waals surface area contributed by atoms with E-state index in [1.54, 1.807) is 20.0 Å². The van der Waals surface area contributed by atoms with Crippen molar-refractivity contribution in [3.8, 4) is 17.3 Å². The van der Waals surface area contributed by atoms with E-state index in [9.17, 15) is 10.1 Å². The predicted octanol–water partition coefficient (Wildman–Crippen LogP) is 5.58. The number of nitrogens with one attached hydrogen (secondary N) is 2. The van der Waals surface area contributed by atoms with Crippen LogP contribution in [0.25, 0.3) is 11.3 Å². The van der Waals surface area contributed by atoms with Gasteiger partial charge in [-0.3, -0.25) is 4.98 Å². The molecular formula is C32H44ClN5O4. The molecule has 1 saturated carbocycles. The molecule has 0 aromatic carbocycles. The summed E-state index contributed by atoms with van der Waals surface area (Å²) in [4.78, 5) is 21.2. The molecule has 0 unspecified atom stereocenters. The fourth-order valence-electron chi connectivity index (χ4n) is 5.72. The van der Waals surface area contributed by atoms with Gasteiger partial charge < -0.3 is 24.8 Å². The van der Waals surface area contributed by atoms with Crippen molar-refractivity contribution < 1.29 is 19.0 Å². The number of carbonyl (C=O) groups excluding carboxylic acids is 1. The number of ether oxygens (including phenoxy) is 3. The highest BCUT2D eigenvalue weighted by atomic mass is 35.5. The number of carbonyl (C=O) groups is 1. The molecule has 228 valence electrons. The van der Waals surface area contributed by atoms with Gasteiger partial charge in [0.05, 0.1) is 35.4 Å². The third kappa shape index (κ3) is 9.11. The average molecular weight is 598 g/mol. The standard InChI is InChI=1S/C32H44ClN5O4/c1-4-41-31(39)23(3)42-19-22(2)37-25-10-8-24(9-11-25)16-26-17-27(28(33)18-35-26)29-6-5-7-30(38-29)36-21-32(20-34)12-14-40-15-13-32/h5-7,17-18,22-25,37H,4,8-16,19,21H2,1-3H3,(H,36,38)/t22-,23+,24?,25?/m0/s1. The Bertz CT molecular complexity index is 1210. The molecule has 1 saturated heterocycles. The smallest absolute Gasteiger partial charge is 0.334 e. The van der Waals surface area contributed by atoms with E-state index in [-0.39, 0.29) is 12.0 Å². The summed E-state index contributed by atoms with van der Waals surface area (Å²) in [7, 11) is 0. The summed E-state index contributed by atoms with van der Waals surface area (Å²) < 4.78 is 16.2. The van der Waals surface area contributed by atoms with Crippen molar-refractivity contribution in [3.05, 3.63) is 41.2 Å². The SMILES string of the molecule is CCOC(=O)[C@@H](C)OC[C@H](C)NC1CCC(Cc2cc(-c3cccc(NCC4(C#N)CCOCC4)n3)c(Cl)cn2)CC1. The van der Waals surface area contributed by atoms with Crippen molar-refractivity contribution in [2.75, 3.05) is 38.3 Å². The lowest BCUT2D eigenvalue weighted by atomic mass is 9.82. The number of nitriles is 1. The van der Waals surface area contributed by atoms with Gasteiger partial charge in [-0.1, -0.05) is 17.7 Å². The summed E-state index contributed by atoms with van der Waals surface area (Å²) in [5, 5.41) is 17.4. The van der Waals surface area contributed by atoms with Crippen LogP contribution in [0.3, 0.4) is 0 Å². The summed E-state index contributed by atoms with van der Waals surface area (Å²) in [5.74, 6) is 0.967. The topological polar surface area (TPSA) is 118 Å². The fraction of sp³-hybridized carbons (Fsp3) is 0.625. The fourth-order valence-corrected chi connectivity index (χ4v) is 5.92. The molecule has 0 radical (unpaired) electrons. The normalized spacial score (nSPS) is 21.6. The van der Waals surface area contributed by atoms with Crippen LogP contribution in [0.5, 0.6) is 0 Å². The Hall–Kier alpha value is -2.77. The van der Waals surface area contributed by atoms with Crippen LogP contribution in [0.4, 0.5) is 5.82 Å². The molecule has 2 aliphatic rings. The third-order valence-electron chi connectivity index (χ3n) is 8.31. The van der Waals surface area contributed by atoms with Gasteiger partial charge in [0.15, 0.2) is 6.10 Å². The zero-order valence-electron chi connectivity index (χ0n) is 25.0. The highest BCUT2D eigenvalue weighted by Crippen LogP contribution is 2.33. The number of pyridine rings is 2. The van der Waals surface area contributed by atoms with Crippen LogP contribution >= 0.6 is 11.6 Å². The van der Waals surface area contributed by atoms with E-state index in [4.69, 9.17) is 30.8 Å². The molecule has 10 heteroatoms. The van der Waals surface area contributed by atoms with Gasteiger partial charge in [0.25, 0.3) is 0 Å². The van der Waals surface area contributed by atoms with Crippen molar-refractivity contribution in [3.63, 3.8) is 0 Å². The molecular weight excluding hydrogens is 554 g/mol. The second-order valence-electron chi connectivity index (χ2n) is 11.6. The van der Waals surface area contributed by atoms with E-state index >= 15 is 0 Å². The first-order valence-corrected chi connectivity index (χ1v) is 15.6. The van der Waals surface area contributed by atoms with Crippen LogP contribution < -0.4 is 10.6 Å². The predicted molar refractivity (Wildman–Crippen MR) is 163 cm³/mol. The van der Waals surface area contributed by atoms with Gasteiger partial charge in [-0.05, 0) is 89.8 Å². The number of esters is 1. The van der Waals surface area contributed by atoms with Gasteiger partial charge in [-0.25, -0.2) is 9.78 Å². The maximum Gasteiger partial charge on any atom is 0.334 e. The van der Waals surface area contributed by atoms with Crippen LogP contribution in [0.2, 0.25) is 5.02 Å². The van der Waals surface area contributed by atoms with E-state index in [1.807, 2.05) is 18.2 Å². The van der Waals surface area contributed by atoms with Gasteiger partial charge in [0.2, 0.25) is 0 Å². The zero-order chi connectivity index (χ0) is 30.0. The number of rotatable bonds is 13. The second-order valence-corrected chi connectivity index (χ2v) is 12.0. The Balaban J connectivity index is 1.28. The molecule has 2 aromatic heterocycles. The van der Waals surface area contributed by atoms with Crippen molar-refractivity contribution in [2.24, 2.45) is 11.3 Å². The average Bonchev–Trinajstić information content (AvgIpc) is 3.01. The van der Waals surface area contributed by atoms with E-state index in [0.717, 1.165) is 67.7 Å². The molecule has 1 aliphatic heterocycles. The van der Waals surface area contributed by atoms with Gasteiger partial charge in [-0.15, -0.1) is 0 Å². The number of anilines is 1. The Morgan fingerprint density at radius 2 is 2.00 bits per heavy atom. The molecule has 2 N–H and O–H groups in total. The molecule has 2 fully saturated rings. The van der Waals surface area contributed by atoms with Gasteiger partial charge in [-0.2, -0.15) is 5.26 Å². The summed E-state index contributed by atoms with van der Waals surface area (Å²) in [6.45, 7) is 8.21. The van der Waals surface area contributed by atoms with Crippen molar-refractivity contribution in [1.82, 2.24) is 15.3 Å². The molecule has 0 amide bonds. The van der Waals surface area contributed by atoms with E-state index in [0.29, 0.717) is 50.0 Å². The maximum atomic E-state index is 11.8. The van der Waals surface area contributed by atoms with Crippen LogP contribution in [0, 0.1) is 22.7 Å². The number of nitrogens with zero attached hydrogens (tertiary/aromatic N) is 3. The van der Waals surface area contributed by atoms with Crippen molar-refractivity contribution in [2.45, 2.75) is 83.9 Å². The van der Waals surface area contributed by atoms with Crippen LogP contribution in [-0.2, 0) is 25.4 Å². The maximum absolute atomic E-state index is 11.8. The molecule has 9 nitrogen and oxygen atoms in total. The van der Waals surface area contributed by atoms with Gasteiger partial charge in [0.1, 0.15) is 5.82 Å². The molecule has 0 spiro atoms. The lowest BCUT2D eigenvalue weighted by Crippen LogP contribution is -2.42. The van der Waals surface area contributed by atoms with Crippen molar-refractivity contribution >= 4 is 23.4 Å². The lowest BCUT2D eigenvalue weighted by Gasteiger charge is -2.31. The molecule has 4 rings (SSSR count). The van der Waals surface area contributed by atoms with Crippen molar-refractivity contribution in [1.29, 1.82) is 5.26 Å². The number of hydrogen-bond donors (Lipinski definition) is 2. The van der Waals surface area contributed by atoms with E-state index in [1.165, 1.54) is 0 Å².